The molecule has 1 aliphatic carbocycles. The molecule has 2 saturated heterocycles. The van der Waals surface area contributed by atoms with Gasteiger partial charge >= 0.3 is 0 Å². The average molecular weight is 464 g/mol. The number of rotatable bonds is 8. The van der Waals surface area contributed by atoms with Crippen LogP contribution in [0.2, 0.25) is 0 Å². The highest BCUT2D eigenvalue weighted by Crippen LogP contribution is 2.53. The third-order valence-corrected chi connectivity index (χ3v) is 7.65. The maximum Gasteiger partial charge on any atom is 0.256 e. The lowest BCUT2D eigenvalue weighted by Gasteiger charge is -2.27. The van der Waals surface area contributed by atoms with Gasteiger partial charge in [0, 0.05) is 65.1 Å². The van der Waals surface area contributed by atoms with Crippen molar-refractivity contribution >= 4 is 17.7 Å². The maximum absolute atomic E-state index is 13.1. The van der Waals surface area contributed by atoms with Gasteiger partial charge in [0.2, 0.25) is 5.95 Å². The van der Waals surface area contributed by atoms with Crippen LogP contribution in [0.25, 0.3) is 0 Å². The van der Waals surface area contributed by atoms with Gasteiger partial charge in [-0.15, -0.1) is 0 Å². The molecule has 5 rings (SSSR count). The second-order valence-corrected chi connectivity index (χ2v) is 10.2. The number of benzene rings is 1. The smallest absolute Gasteiger partial charge is 0.256 e. The zero-order valence-electron chi connectivity index (χ0n) is 20.5. The Morgan fingerprint density at radius 1 is 1.12 bits per heavy atom. The fraction of sp³-hybridized carbons (Fsp3) is 0.577. The Hall–Kier alpha value is -2.71. The van der Waals surface area contributed by atoms with Crippen molar-refractivity contribution in [1.82, 2.24) is 25.5 Å². The molecule has 2 aliphatic heterocycles. The molecule has 2 aromatic rings. The van der Waals surface area contributed by atoms with Crippen molar-refractivity contribution in [2.24, 2.45) is 5.41 Å². The van der Waals surface area contributed by atoms with E-state index in [4.69, 9.17) is 4.98 Å². The number of aryl methyl sites for hydroxylation is 2. The molecule has 1 aromatic carbocycles. The maximum atomic E-state index is 13.1. The van der Waals surface area contributed by atoms with Gasteiger partial charge in [-0.05, 0) is 55.2 Å². The van der Waals surface area contributed by atoms with Crippen LogP contribution in [0.1, 0.15) is 46.3 Å². The Kier molecular flexibility index (Phi) is 6.70. The van der Waals surface area contributed by atoms with Crippen LogP contribution in [0.4, 0.5) is 11.8 Å². The Morgan fingerprint density at radius 2 is 1.94 bits per heavy atom. The summed E-state index contributed by atoms with van der Waals surface area (Å²) in [6.07, 6.45) is 5.54. The quantitative estimate of drug-likeness (QED) is 0.554. The minimum Gasteiger partial charge on any atom is -0.365 e. The van der Waals surface area contributed by atoms with E-state index in [1.165, 1.54) is 36.0 Å². The number of carbonyl (C=O) groups excluding carboxylic acids is 1. The van der Waals surface area contributed by atoms with E-state index in [1.807, 2.05) is 0 Å². The van der Waals surface area contributed by atoms with Crippen LogP contribution in [-0.4, -0.2) is 73.1 Å². The fourth-order valence-corrected chi connectivity index (χ4v) is 4.97. The molecule has 0 bridgehead atoms. The number of anilines is 2. The van der Waals surface area contributed by atoms with E-state index in [0.717, 1.165) is 51.8 Å². The molecule has 3 heterocycles. The first kappa shape index (κ1) is 23.1. The van der Waals surface area contributed by atoms with Crippen molar-refractivity contribution in [3.8, 4) is 0 Å². The second kappa shape index (κ2) is 9.88. The van der Waals surface area contributed by atoms with Crippen molar-refractivity contribution in [1.29, 1.82) is 0 Å². The molecule has 3 fully saturated rings. The van der Waals surface area contributed by atoms with E-state index in [1.54, 1.807) is 6.20 Å². The Balaban J connectivity index is 1.29. The summed E-state index contributed by atoms with van der Waals surface area (Å²) in [5.41, 5.74) is 4.72. The Bertz CT molecular complexity index is 1030. The highest BCUT2D eigenvalue weighted by atomic mass is 16.1. The molecule has 0 unspecified atom stereocenters. The van der Waals surface area contributed by atoms with Crippen LogP contribution < -0.4 is 20.9 Å². The summed E-state index contributed by atoms with van der Waals surface area (Å²) < 4.78 is 0. The molecule has 182 valence electrons. The largest absolute Gasteiger partial charge is 0.365 e. The molecule has 8 nitrogen and oxygen atoms in total. The highest BCUT2D eigenvalue weighted by molar-refractivity contribution is 5.98. The summed E-state index contributed by atoms with van der Waals surface area (Å²) in [7, 11) is 0. The van der Waals surface area contributed by atoms with Crippen molar-refractivity contribution in [3.05, 3.63) is 46.6 Å². The molecule has 1 spiro atoms. The standard InChI is InChI=1S/C26H37N7O/c1-19-3-4-21(15-20(19)2)16-29-23-22(24(34)28-10-14-32-12-8-27-9-13-32)17-30-25(31-23)33-11-7-26(18-33)5-6-26/h3-4,15,17,27H,5-14,16,18H2,1-2H3,(H,28,34)(H,29,30,31). The van der Waals surface area contributed by atoms with Gasteiger partial charge in [-0.1, -0.05) is 18.2 Å². The lowest BCUT2D eigenvalue weighted by atomic mass is 10.1. The van der Waals surface area contributed by atoms with E-state index in [-0.39, 0.29) is 5.91 Å². The third-order valence-electron chi connectivity index (χ3n) is 7.65. The van der Waals surface area contributed by atoms with Crippen LogP contribution in [0.3, 0.4) is 0 Å². The van der Waals surface area contributed by atoms with Gasteiger partial charge < -0.3 is 20.9 Å². The van der Waals surface area contributed by atoms with E-state index in [9.17, 15) is 4.79 Å². The number of hydrogen-bond acceptors (Lipinski definition) is 7. The monoisotopic (exact) mass is 463 g/mol. The summed E-state index contributed by atoms with van der Waals surface area (Å²) in [5.74, 6) is 1.22. The highest BCUT2D eigenvalue weighted by Gasteiger charge is 2.48. The minimum absolute atomic E-state index is 0.121. The number of nitrogens with zero attached hydrogens (tertiary/aromatic N) is 4. The van der Waals surface area contributed by atoms with E-state index in [0.29, 0.717) is 29.9 Å². The van der Waals surface area contributed by atoms with Gasteiger partial charge in [-0.3, -0.25) is 9.69 Å². The Labute approximate surface area is 202 Å². The Morgan fingerprint density at radius 3 is 2.68 bits per heavy atom. The molecule has 1 saturated carbocycles. The summed E-state index contributed by atoms with van der Waals surface area (Å²) in [6.45, 7) is 12.4. The number of carbonyl (C=O) groups is 1. The fourth-order valence-electron chi connectivity index (χ4n) is 4.97. The van der Waals surface area contributed by atoms with Gasteiger partial charge in [-0.2, -0.15) is 4.98 Å². The van der Waals surface area contributed by atoms with E-state index < -0.39 is 0 Å². The predicted octanol–water partition coefficient (Wildman–Crippen LogP) is 2.33. The zero-order chi connectivity index (χ0) is 23.5. The van der Waals surface area contributed by atoms with E-state index >= 15 is 0 Å². The van der Waals surface area contributed by atoms with E-state index in [2.05, 4.69) is 62.8 Å². The zero-order valence-corrected chi connectivity index (χ0v) is 20.5. The lowest BCUT2D eigenvalue weighted by molar-refractivity contribution is 0.0947. The van der Waals surface area contributed by atoms with Gasteiger partial charge in [-0.25, -0.2) is 4.98 Å². The molecular weight excluding hydrogens is 426 g/mol. The molecule has 0 radical (unpaired) electrons. The van der Waals surface area contributed by atoms with Crippen LogP contribution in [0, 0.1) is 19.3 Å². The number of aromatic nitrogens is 2. The van der Waals surface area contributed by atoms with Gasteiger partial charge in [0.25, 0.3) is 5.91 Å². The van der Waals surface area contributed by atoms with Gasteiger partial charge in [0.05, 0.1) is 0 Å². The second-order valence-electron chi connectivity index (χ2n) is 10.2. The molecule has 3 N–H and O–H groups in total. The third kappa shape index (κ3) is 5.33. The lowest BCUT2D eigenvalue weighted by Crippen LogP contribution is -2.46. The van der Waals surface area contributed by atoms with Crippen molar-refractivity contribution in [3.63, 3.8) is 0 Å². The topological polar surface area (TPSA) is 85.4 Å². The molecular formula is C26H37N7O. The molecule has 0 atom stereocenters. The van der Waals surface area contributed by atoms with Crippen molar-refractivity contribution < 1.29 is 4.79 Å². The first-order valence-corrected chi connectivity index (χ1v) is 12.6. The van der Waals surface area contributed by atoms with Crippen molar-refractivity contribution in [2.75, 3.05) is 62.6 Å². The molecule has 8 heteroatoms. The van der Waals surface area contributed by atoms with Crippen LogP contribution in [0.15, 0.2) is 24.4 Å². The number of piperazine rings is 1. The van der Waals surface area contributed by atoms with Crippen LogP contribution in [0.5, 0.6) is 0 Å². The number of amides is 1. The summed E-state index contributed by atoms with van der Waals surface area (Å²) in [5, 5.41) is 9.88. The minimum atomic E-state index is -0.121. The SMILES string of the molecule is Cc1ccc(CNc2nc(N3CCC4(CC4)C3)ncc2C(=O)NCCN2CCNCC2)cc1C. The first-order valence-electron chi connectivity index (χ1n) is 12.6. The van der Waals surface area contributed by atoms with Gasteiger partial charge in [0.1, 0.15) is 11.4 Å². The van der Waals surface area contributed by atoms with Crippen LogP contribution in [-0.2, 0) is 6.54 Å². The molecule has 1 aromatic heterocycles. The average Bonchev–Trinajstić information content (AvgIpc) is 3.48. The normalized spacial score (nSPS) is 19.4. The number of nitrogens with one attached hydrogen (secondary N) is 3. The summed E-state index contributed by atoms with van der Waals surface area (Å²) in [6, 6.07) is 6.46. The first-order chi connectivity index (χ1) is 16.5. The summed E-state index contributed by atoms with van der Waals surface area (Å²) in [4.78, 5) is 27.2. The van der Waals surface area contributed by atoms with Crippen molar-refractivity contribution in [2.45, 2.75) is 39.7 Å². The van der Waals surface area contributed by atoms with Crippen LogP contribution >= 0.6 is 0 Å². The predicted molar refractivity (Wildman–Crippen MR) is 135 cm³/mol. The summed E-state index contributed by atoms with van der Waals surface area (Å²) >= 11 is 0. The molecule has 1 amide bonds. The number of hydrogen-bond donors (Lipinski definition) is 3. The van der Waals surface area contributed by atoms with Gasteiger partial charge in [0.15, 0.2) is 0 Å². The molecule has 34 heavy (non-hydrogen) atoms. The molecule has 3 aliphatic rings.